The molecule has 0 spiro atoms. The maximum absolute atomic E-state index is 12.0. The van der Waals surface area contributed by atoms with Gasteiger partial charge in [0.1, 0.15) is 12.4 Å². The van der Waals surface area contributed by atoms with Crippen LogP contribution in [0.5, 0.6) is 5.75 Å². The second kappa shape index (κ2) is 8.99. The third-order valence-corrected chi connectivity index (χ3v) is 3.50. The summed E-state index contributed by atoms with van der Waals surface area (Å²) >= 11 is 0. The molecule has 0 radical (unpaired) electrons. The highest BCUT2D eigenvalue weighted by Gasteiger charge is 2.07. The van der Waals surface area contributed by atoms with Crippen LogP contribution in [-0.4, -0.2) is 12.6 Å². The van der Waals surface area contributed by atoms with Gasteiger partial charge in [0.05, 0.1) is 12.2 Å². The average Bonchev–Trinajstić information content (AvgIpc) is 2.58. The third kappa shape index (κ3) is 6.15. The number of carbonyl (C=O) groups is 1. The fourth-order valence-corrected chi connectivity index (χ4v) is 2.18. The molecule has 2 rings (SSSR count). The molecular weight excluding hydrogens is 288 g/mol. The van der Waals surface area contributed by atoms with Crippen LogP contribution in [0, 0.1) is 5.92 Å². The lowest BCUT2D eigenvalue weighted by Crippen LogP contribution is -2.05. The number of hydrogen-bond donors (Lipinski definition) is 0. The lowest BCUT2D eigenvalue weighted by molar-refractivity contribution is 0.0472. The van der Waals surface area contributed by atoms with Crippen LogP contribution < -0.4 is 4.74 Å². The van der Waals surface area contributed by atoms with Gasteiger partial charge in [-0.15, -0.1) is 0 Å². The van der Waals surface area contributed by atoms with Crippen molar-refractivity contribution < 1.29 is 14.3 Å². The monoisotopic (exact) mass is 312 g/mol. The number of hydrogen-bond acceptors (Lipinski definition) is 3. The topological polar surface area (TPSA) is 35.5 Å². The Morgan fingerprint density at radius 1 is 1.00 bits per heavy atom. The van der Waals surface area contributed by atoms with Gasteiger partial charge in [-0.25, -0.2) is 4.79 Å². The van der Waals surface area contributed by atoms with Crippen LogP contribution in [0.2, 0.25) is 0 Å². The molecule has 0 saturated carbocycles. The molecule has 3 heteroatoms. The summed E-state index contributed by atoms with van der Waals surface area (Å²) in [6.07, 6.45) is 2.20. The van der Waals surface area contributed by atoms with E-state index in [1.54, 1.807) is 12.1 Å². The van der Waals surface area contributed by atoms with E-state index in [2.05, 4.69) is 13.8 Å². The van der Waals surface area contributed by atoms with Crippen molar-refractivity contribution in [1.29, 1.82) is 0 Å². The fourth-order valence-electron chi connectivity index (χ4n) is 2.18. The van der Waals surface area contributed by atoms with Crippen molar-refractivity contribution in [2.24, 2.45) is 5.92 Å². The normalized spacial score (nSPS) is 10.6. The van der Waals surface area contributed by atoms with Gasteiger partial charge in [-0.1, -0.05) is 44.2 Å². The smallest absolute Gasteiger partial charge is 0.338 e. The first kappa shape index (κ1) is 17.1. The largest absolute Gasteiger partial charge is 0.494 e. The highest BCUT2D eigenvalue weighted by Crippen LogP contribution is 2.15. The molecule has 0 aromatic heterocycles. The summed E-state index contributed by atoms with van der Waals surface area (Å²) < 4.78 is 11.0. The predicted molar refractivity (Wildman–Crippen MR) is 91.6 cm³/mol. The van der Waals surface area contributed by atoms with E-state index in [0.29, 0.717) is 18.1 Å². The van der Waals surface area contributed by atoms with Gasteiger partial charge >= 0.3 is 5.97 Å². The predicted octanol–water partition coefficient (Wildman–Crippen LogP) is 4.86. The summed E-state index contributed by atoms with van der Waals surface area (Å²) in [5.74, 6) is 1.16. The third-order valence-electron chi connectivity index (χ3n) is 3.50. The molecule has 0 aliphatic carbocycles. The van der Waals surface area contributed by atoms with E-state index < -0.39 is 0 Å². The minimum atomic E-state index is -0.319. The molecule has 0 saturated heterocycles. The molecule has 0 N–H and O–H groups in total. The molecular formula is C20H24O3. The molecule has 0 bridgehead atoms. The Labute approximate surface area is 138 Å². The zero-order valence-corrected chi connectivity index (χ0v) is 13.8. The quantitative estimate of drug-likeness (QED) is 0.516. The van der Waals surface area contributed by atoms with Gasteiger partial charge in [0.15, 0.2) is 0 Å². The lowest BCUT2D eigenvalue weighted by Gasteiger charge is -2.09. The zero-order valence-electron chi connectivity index (χ0n) is 13.8. The second-order valence-electron chi connectivity index (χ2n) is 5.97. The lowest BCUT2D eigenvalue weighted by atomic mass is 10.1. The van der Waals surface area contributed by atoms with Crippen LogP contribution in [0.3, 0.4) is 0 Å². The van der Waals surface area contributed by atoms with Gasteiger partial charge in [0.2, 0.25) is 0 Å². The number of carbonyl (C=O) groups excluding carboxylic acids is 1. The van der Waals surface area contributed by atoms with Crippen molar-refractivity contribution >= 4 is 5.97 Å². The molecule has 0 unspecified atom stereocenters. The molecule has 122 valence electrons. The Hall–Kier alpha value is -2.29. The van der Waals surface area contributed by atoms with Crippen LogP contribution in [0.1, 0.15) is 42.6 Å². The van der Waals surface area contributed by atoms with Crippen LogP contribution >= 0.6 is 0 Å². The van der Waals surface area contributed by atoms with Gasteiger partial charge < -0.3 is 9.47 Å². The van der Waals surface area contributed by atoms with E-state index in [1.165, 1.54) is 0 Å². The summed E-state index contributed by atoms with van der Waals surface area (Å²) in [4.78, 5) is 12.0. The van der Waals surface area contributed by atoms with Gasteiger partial charge in [-0.2, -0.15) is 0 Å². The van der Waals surface area contributed by atoms with Gasteiger partial charge in [-0.05, 0) is 48.6 Å². The first-order chi connectivity index (χ1) is 11.1. The highest BCUT2D eigenvalue weighted by atomic mass is 16.5. The van der Waals surface area contributed by atoms with Gasteiger partial charge in [0.25, 0.3) is 0 Å². The summed E-state index contributed by atoms with van der Waals surface area (Å²) in [5, 5.41) is 0. The summed E-state index contributed by atoms with van der Waals surface area (Å²) in [6, 6.07) is 16.8. The van der Waals surface area contributed by atoms with E-state index in [9.17, 15) is 4.79 Å². The minimum Gasteiger partial charge on any atom is -0.494 e. The van der Waals surface area contributed by atoms with Crippen molar-refractivity contribution in [2.75, 3.05) is 6.61 Å². The Kier molecular flexibility index (Phi) is 6.67. The van der Waals surface area contributed by atoms with E-state index in [4.69, 9.17) is 9.47 Å². The van der Waals surface area contributed by atoms with Crippen LogP contribution in [0.15, 0.2) is 54.6 Å². The Morgan fingerprint density at radius 2 is 1.70 bits per heavy atom. The standard InChI is InChI=1S/C20H24O3/c1-16(2)7-6-14-22-19-12-10-18(11-13-19)20(21)23-15-17-8-4-3-5-9-17/h3-5,8-13,16H,6-7,14-15H2,1-2H3. The first-order valence-corrected chi connectivity index (χ1v) is 8.09. The van der Waals surface area contributed by atoms with Crippen molar-refractivity contribution in [3.8, 4) is 5.75 Å². The number of benzene rings is 2. The summed E-state index contributed by atoms with van der Waals surface area (Å²) in [6.45, 7) is 5.40. The van der Waals surface area contributed by atoms with Crippen molar-refractivity contribution in [3.63, 3.8) is 0 Å². The number of rotatable bonds is 8. The zero-order chi connectivity index (χ0) is 16.5. The Bertz CT molecular complexity index is 588. The molecule has 0 aliphatic heterocycles. The molecule has 0 aliphatic rings. The summed E-state index contributed by atoms with van der Waals surface area (Å²) in [5.41, 5.74) is 1.52. The first-order valence-electron chi connectivity index (χ1n) is 8.09. The van der Waals surface area contributed by atoms with Crippen molar-refractivity contribution in [1.82, 2.24) is 0 Å². The highest BCUT2D eigenvalue weighted by molar-refractivity contribution is 5.89. The maximum atomic E-state index is 12.0. The average molecular weight is 312 g/mol. The van der Waals surface area contributed by atoms with Crippen molar-refractivity contribution in [3.05, 3.63) is 65.7 Å². The van der Waals surface area contributed by atoms with E-state index in [1.807, 2.05) is 42.5 Å². The Balaban J connectivity index is 1.78. The molecule has 0 fully saturated rings. The number of ether oxygens (including phenoxy) is 2. The van der Waals surface area contributed by atoms with Crippen LogP contribution in [0.25, 0.3) is 0 Å². The summed E-state index contributed by atoms with van der Waals surface area (Å²) in [7, 11) is 0. The number of esters is 1. The molecule has 2 aromatic carbocycles. The molecule has 2 aromatic rings. The molecule has 23 heavy (non-hydrogen) atoms. The second-order valence-corrected chi connectivity index (χ2v) is 5.97. The molecule has 0 amide bonds. The van der Waals surface area contributed by atoms with Crippen LogP contribution in [0.4, 0.5) is 0 Å². The fraction of sp³-hybridized carbons (Fsp3) is 0.350. The van der Waals surface area contributed by atoms with Crippen LogP contribution in [-0.2, 0) is 11.3 Å². The molecule has 0 heterocycles. The SMILES string of the molecule is CC(C)CCCOc1ccc(C(=O)OCc2ccccc2)cc1. The van der Waals surface area contributed by atoms with E-state index >= 15 is 0 Å². The Morgan fingerprint density at radius 3 is 2.35 bits per heavy atom. The van der Waals surface area contributed by atoms with Gasteiger partial charge in [-0.3, -0.25) is 0 Å². The van der Waals surface area contributed by atoms with Gasteiger partial charge in [0, 0.05) is 0 Å². The molecule has 3 nitrogen and oxygen atoms in total. The molecule has 0 atom stereocenters. The minimum absolute atomic E-state index is 0.285. The maximum Gasteiger partial charge on any atom is 0.338 e. The van der Waals surface area contributed by atoms with E-state index in [0.717, 1.165) is 24.2 Å². The van der Waals surface area contributed by atoms with E-state index in [-0.39, 0.29) is 12.6 Å². The van der Waals surface area contributed by atoms with Crippen molar-refractivity contribution in [2.45, 2.75) is 33.3 Å².